The summed E-state index contributed by atoms with van der Waals surface area (Å²) in [6.45, 7) is 4.81. The summed E-state index contributed by atoms with van der Waals surface area (Å²) >= 11 is 0. The van der Waals surface area contributed by atoms with Gasteiger partial charge in [0.1, 0.15) is 11.6 Å². The lowest BCUT2D eigenvalue weighted by Gasteiger charge is -2.35. The van der Waals surface area contributed by atoms with E-state index in [1.165, 1.54) is 6.20 Å². The van der Waals surface area contributed by atoms with Crippen molar-refractivity contribution in [1.82, 2.24) is 9.88 Å². The zero-order valence-corrected chi connectivity index (χ0v) is 14.3. The number of pyridine rings is 1. The Morgan fingerprint density at radius 1 is 1.32 bits per heavy atom. The molecule has 6 heteroatoms. The van der Waals surface area contributed by atoms with Crippen LogP contribution in [0.25, 0.3) is 10.9 Å². The first-order valence-corrected chi connectivity index (χ1v) is 8.23. The van der Waals surface area contributed by atoms with Gasteiger partial charge in [-0.2, -0.15) is 5.26 Å². The average Bonchev–Trinajstić information content (AvgIpc) is 2.61. The maximum atomic E-state index is 12.6. The molecule has 25 heavy (non-hydrogen) atoms. The summed E-state index contributed by atoms with van der Waals surface area (Å²) in [6, 6.07) is 11.6. The van der Waals surface area contributed by atoms with Crippen LogP contribution in [0.15, 0.2) is 48.3 Å². The molecule has 2 unspecified atom stereocenters. The number of ether oxygens (including phenoxy) is 1. The van der Waals surface area contributed by atoms with Gasteiger partial charge in [-0.05, 0) is 26.0 Å². The maximum Gasteiger partial charge on any atom is 0.266 e. The summed E-state index contributed by atoms with van der Waals surface area (Å²) in [4.78, 5) is 18.6. The molecular weight excluding hydrogens is 316 g/mol. The van der Waals surface area contributed by atoms with Crippen molar-refractivity contribution in [3.05, 3.63) is 48.3 Å². The normalized spacial score (nSPS) is 21.0. The molecule has 6 nitrogen and oxygen atoms in total. The van der Waals surface area contributed by atoms with Crippen molar-refractivity contribution in [2.24, 2.45) is 0 Å². The van der Waals surface area contributed by atoms with E-state index in [-0.39, 0.29) is 23.7 Å². The molecule has 1 aliphatic rings. The van der Waals surface area contributed by atoms with Crippen LogP contribution in [0, 0.1) is 11.3 Å². The number of amides is 1. The molecule has 128 valence electrons. The van der Waals surface area contributed by atoms with Crippen LogP contribution in [0.4, 0.5) is 5.69 Å². The lowest BCUT2D eigenvalue weighted by molar-refractivity contribution is -0.138. The molecule has 1 N–H and O–H groups in total. The standard InChI is InChI=1S/C19H20N4O2/c1-13-11-23(12-14(2)25-13)19(24)16(9-20)10-22-17-7-3-5-15-6-4-8-21-18(15)17/h3-8,10,13-14,22H,11-12H2,1-2H3/b16-10-. The van der Waals surface area contributed by atoms with E-state index in [0.717, 1.165) is 16.6 Å². The molecule has 1 amide bonds. The molecule has 0 aliphatic carbocycles. The topological polar surface area (TPSA) is 78.3 Å². The molecule has 0 radical (unpaired) electrons. The van der Waals surface area contributed by atoms with Crippen LogP contribution in [0.1, 0.15) is 13.8 Å². The van der Waals surface area contributed by atoms with Crippen molar-refractivity contribution >= 4 is 22.5 Å². The molecule has 2 heterocycles. The van der Waals surface area contributed by atoms with E-state index >= 15 is 0 Å². The number of anilines is 1. The van der Waals surface area contributed by atoms with Gasteiger partial charge < -0.3 is 15.0 Å². The Morgan fingerprint density at radius 2 is 2.04 bits per heavy atom. The predicted molar refractivity (Wildman–Crippen MR) is 95.7 cm³/mol. The highest BCUT2D eigenvalue weighted by atomic mass is 16.5. The molecular formula is C19H20N4O2. The molecule has 1 fully saturated rings. The number of carbonyl (C=O) groups excluding carboxylic acids is 1. The van der Waals surface area contributed by atoms with Crippen LogP contribution in [-0.4, -0.2) is 41.1 Å². The Balaban J connectivity index is 1.81. The van der Waals surface area contributed by atoms with Crippen LogP contribution in [-0.2, 0) is 9.53 Å². The molecule has 1 aromatic heterocycles. The van der Waals surface area contributed by atoms with Crippen LogP contribution >= 0.6 is 0 Å². The number of nitrogens with zero attached hydrogens (tertiary/aromatic N) is 3. The van der Waals surface area contributed by atoms with Gasteiger partial charge in [-0.1, -0.05) is 18.2 Å². The zero-order valence-electron chi connectivity index (χ0n) is 14.3. The predicted octanol–water partition coefficient (Wildman–Crippen LogP) is 2.69. The van der Waals surface area contributed by atoms with Crippen molar-refractivity contribution in [2.45, 2.75) is 26.1 Å². The highest BCUT2D eigenvalue weighted by Crippen LogP contribution is 2.21. The van der Waals surface area contributed by atoms with E-state index in [0.29, 0.717) is 13.1 Å². The monoisotopic (exact) mass is 336 g/mol. The van der Waals surface area contributed by atoms with Crippen molar-refractivity contribution in [3.63, 3.8) is 0 Å². The van der Waals surface area contributed by atoms with E-state index in [9.17, 15) is 10.1 Å². The number of carbonyl (C=O) groups is 1. The van der Waals surface area contributed by atoms with Gasteiger partial charge in [-0.3, -0.25) is 9.78 Å². The van der Waals surface area contributed by atoms with Gasteiger partial charge in [-0.15, -0.1) is 0 Å². The second-order valence-corrected chi connectivity index (χ2v) is 6.16. The fourth-order valence-electron chi connectivity index (χ4n) is 3.03. The second-order valence-electron chi connectivity index (χ2n) is 6.16. The molecule has 1 aromatic carbocycles. The molecule has 0 bridgehead atoms. The quantitative estimate of drug-likeness (QED) is 0.689. The summed E-state index contributed by atoms with van der Waals surface area (Å²) in [5.74, 6) is -0.287. The number of aromatic nitrogens is 1. The molecule has 0 saturated carbocycles. The summed E-state index contributed by atoms with van der Waals surface area (Å²) in [5, 5.41) is 13.4. The van der Waals surface area contributed by atoms with Crippen LogP contribution in [0.2, 0.25) is 0 Å². The first-order valence-electron chi connectivity index (χ1n) is 8.23. The van der Waals surface area contributed by atoms with Gasteiger partial charge in [0.25, 0.3) is 5.91 Å². The first kappa shape index (κ1) is 16.9. The smallest absolute Gasteiger partial charge is 0.266 e. The second kappa shape index (κ2) is 7.32. The third kappa shape index (κ3) is 3.78. The molecule has 1 saturated heterocycles. The summed E-state index contributed by atoms with van der Waals surface area (Å²) in [5.41, 5.74) is 1.61. The van der Waals surface area contributed by atoms with Gasteiger partial charge in [-0.25, -0.2) is 0 Å². The van der Waals surface area contributed by atoms with Crippen molar-refractivity contribution in [3.8, 4) is 6.07 Å². The number of hydrogen-bond acceptors (Lipinski definition) is 5. The van der Waals surface area contributed by atoms with Crippen molar-refractivity contribution < 1.29 is 9.53 Å². The first-order chi connectivity index (χ1) is 12.1. The van der Waals surface area contributed by atoms with Crippen LogP contribution in [0.5, 0.6) is 0 Å². The number of rotatable bonds is 3. The Kier molecular flexibility index (Phi) is 4.96. The molecule has 1 aliphatic heterocycles. The number of nitriles is 1. The molecule has 0 spiro atoms. The van der Waals surface area contributed by atoms with Gasteiger partial charge in [0, 0.05) is 30.9 Å². The number of fused-ring (bicyclic) bond motifs is 1. The third-order valence-electron chi connectivity index (χ3n) is 4.06. The highest BCUT2D eigenvalue weighted by Gasteiger charge is 2.27. The SMILES string of the molecule is CC1CN(C(=O)/C(C#N)=C\Nc2cccc3cccnc23)CC(C)O1. The van der Waals surface area contributed by atoms with Crippen LogP contribution in [0.3, 0.4) is 0 Å². The number of morpholine rings is 1. The maximum absolute atomic E-state index is 12.6. The van der Waals surface area contributed by atoms with E-state index in [2.05, 4.69) is 10.3 Å². The van der Waals surface area contributed by atoms with Crippen molar-refractivity contribution in [2.75, 3.05) is 18.4 Å². The molecule has 2 aromatic rings. The van der Waals surface area contributed by atoms with E-state index < -0.39 is 0 Å². The lowest BCUT2D eigenvalue weighted by atomic mass is 10.1. The fraction of sp³-hybridized carbons (Fsp3) is 0.316. The van der Waals surface area contributed by atoms with E-state index in [1.54, 1.807) is 11.1 Å². The van der Waals surface area contributed by atoms with Gasteiger partial charge in [0.2, 0.25) is 0 Å². The fourth-order valence-corrected chi connectivity index (χ4v) is 3.03. The van der Waals surface area contributed by atoms with Gasteiger partial charge in [0.15, 0.2) is 0 Å². The van der Waals surface area contributed by atoms with Gasteiger partial charge >= 0.3 is 0 Å². The summed E-state index contributed by atoms with van der Waals surface area (Å²) < 4.78 is 5.64. The lowest BCUT2D eigenvalue weighted by Crippen LogP contribution is -2.48. The average molecular weight is 336 g/mol. The molecule has 2 atom stereocenters. The Morgan fingerprint density at radius 3 is 2.76 bits per heavy atom. The minimum absolute atomic E-state index is 0.0390. The zero-order chi connectivity index (χ0) is 17.8. The molecule has 3 rings (SSSR count). The van der Waals surface area contributed by atoms with Gasteiger partial charge in [0.05, 0.1) is 23.4 Å². The largest absolute Gasteiger partial charge is 0.372 e. The van der Waals surface area contributed by atoms with E-state index in [4.69, 9.17) is 4.74 Å². The number of benzene rings is 1. The summed E-state index contributed by atoms with van der Waals surface area (Å²) in [6.07, 6.45) is 3.09. The Hall–Kier alpha value is -2.91. The Labute approximate surface area is 146 Å². The highest BCUT2D eigenvalue weighted by molar-refractivity contribution is 5.98. The third-order valence-corrected chi connectivity index (χ3v) is 4.06. The number of para-hydroxylation sites is 1. The number of nitrogens with one attached hydrogen (secondary N) is 1. The Bertz CT molecular complexity index is 841. The van der Waals surface area contributed by atoms with Crippen LogP contribution < -0.4 is 5.32 Å². The summed E-state index contributed by atoms with van der Waals surface area (Å²) in [7, 11) is 0. The number of hydrogen-bond donors (Lipinski definition) is 1. The van der Waals surface area contributed by atoms with Crippen molar-refractivity contribution in [1.29, 1.82) is 5.26 Å². The van der Waals surface area contributed by atoms with E-state index in [1.807, 2.05) is 50.2 Å². The minimum Gasteiger partial charge on any atom is -0.372 e. The minimum atomic E-state index is -0.287.